The Hall–Kier alpha value is -0.520. The largest absolute Gasteiger partial charge is 0.491 e. The Morgan fingerprint density at radius 1 is 1.28 bits per heavy atom. The molecule has 0 aromatic heterocycles. The van der Waals surface area contributed by atoms with Crippen LogP contribution in [0.2, 0.25) is 10.0 Å². The van der Waals surface area contributed by atoms with E-state index in [2.05, 4.69) is 5.32 Å². The first-order valence-corrected chi connectivity index (χ1v) is 6.46. The van der Waals surface area contributed by atoms with Crippen molar-refractivity contribution in [1.29, 1.82) is 0 Å². The molecule has 1 aromatic rings. The summed E-state index contributed by atoms with van der Waals surface area (Å²) in [4.78, 5) is 0. The Morgan fingerprint density at radius 3 is 2.72 bits per heavy atom. The summed E-state index contributed by atoms with van der Waals surface area (Å²) in [5, 5.41) is 22.1. The lowest BCUT2D eigenvalue weighted by Gasteiger charge is -2.13. The SMILES string of the molecule is OCCCNCC(O)COc1ccc(Cl)c(Cl)c1. The zero-order chi connectivity index (χ0) is 13.4. The van der Waals surface area contributed by atoms with E-state index in [1.165, 1.54) is 0 Å². The van der Waals surface area contributed by atoms with Gasteiger partial charge < -0.3 is 20.3 Å². The van der Waals surface area contributed by atoms with Crippen LogP contribution in [-0.2, 0) is 0 Å². The fraction of sp³-hybridized carbons (Fsp3) is 0.500. The molecule has 4 nitrogen and oxygen atoms in total. The van der Waals surface area contributed by atoms with Crippen LogP contribution in [0.4, 0.5) is 0 Å². The predicted molar refractivity (Wildman–Crippen MR) is 72.5 cm³/mol. The maximum Gasteiger partial charge on any atom is 0.121 e. The third-order valence-electron chi connectivity index (χ3n) is 2.23. The van der Waals surface area contributed by atoms with Crippen LogP contribution < -0.4 is 10.1 Å². The Bertz CT molecular complexity index is 363. The summed E-state index contributed by atoms with van der Waals surface area (Å²) in [6.07, 6.45) is 0.0542. The van der Waals surface area contributed by atoms with Gasteiger partial charge in [-0.25, -0.2) is 0 Å². The van der Waals surface area contributed by atoms with E-state index in [1.54, 1.807) is 18.2 Å². The van der Waals surface area contributed by atoms with Crippen LogP contribution in [0.25, 0.3) is 0 Å². The van der Waals surface area contributed by atoms with Crippen LogP contribution in [0.1, 0.15) is 6.42 Å². The van der Waals surface area contributed by atoms with E-state index >= 15 is 0 Å². The van der Waals surface area contributed by atoms with E-state index < -0.39 is 6.10 Å². The molecule has 0 aliphatic rings. The van der Waals surface area contributed by atoms with E-state index in [0.29, 0.717) is 35.3 Å². The topological polar surface area (TPSA) is 61.7 Å². The summed E-state index contributed by atoms with van der Waals surface area (Å²) in [5.41, 5.74) is 0. The molecule has 1 aromatic carbocycles. The normalized spacial score (nSPS) is 12.4. The molecule has 0 aliphatic carbocycles. The number of hydrogen-bond donors (Lipinski definition) is 3. The number of aliphatic hydroxyl groups is 2. The van der Waals surface area contributed by atoms with Gasteiger partial charge in [-0.2, -0.15) is 0 Å². The summed E-state index contributed by atoms with van der Waals surface area (Å²) in [6, 6.07) is 4.95. The molecule has 1 atom stereocenters. The van der Waals surface area contributed by atoms with Crippen molar-refractivity contribution in [3.05, 3.63) is 28.2 Å². The smallest absolute Gasteiger partial charge is 0.121 e. The van der Waals surface area contributed by atoms with Crippen molar-refractivity contribution < 1.29 is 14.9 Å². The molecule has 6 heteroatoms. The first kappa shape index (κ1) is 15.5. The average molecular weight is 294 g/mol. The Balaban J connectivity index is 2.24. The molecule has 0 heterocycles. The van der Waals surface area contributed by atoms with Gasteiger partial charge >= 0.3 is 0 Å². The number of ether oxygens (including phenoxy) is 1. The molecule has 0 aliphatic heterocycles. The summed E-state index contributed by atoms with van der Waals surface area (Å²) >= 11 is 11.6. The van der Waals surface area contributed by atoms with Gasteiger partial charge in [-0.05, 0) is 25.1 Å². The number of halogens is 2. The number of hydrogen-bond acceptors (Lipinski definition) is 4. The number of aliphatic hydroxyl groups excluding tert-OH is 2. The monoisotopic (exact) mass is 293 g/mol. The van der Waals surface area contributed by atoms with Crippen molar-refractivity contribution in [2.75, 3.05) is 26.3 Å². The standard InChI is InChI=1S/C12H17Cl2NO3/c13-11-3-2-10(6-12(11)14)18-8-9(17)7-15-4-1-5-16/h2-3,6,9,15-17H,1,4-5,7-8H2. The summed E-state index contributed by atoms with van der Waals surface area (Å²) in [6.45, 7) is 1.40. The second-order valence-electron chi connectivity index (χ2n) is 3.82. The van der Waals surface area contributed by atoms with Gasteiger partial charge in [0.25, 0.3) is 0 Å². The van der Waals surface area contributed by atoms with Crippen LogP contribution in [0, 0.1) is 0 Å². The van der Waals surface area contributed by atoms with Crippen molar-refractivity contribution in [2.45, 2.75) is 12.5 Å². The third kappa shape index (κ3) is 5.89. The lowest BCUT2D eigenvalue weighted by molar-refractivity contribution is 0.106. The van der Waals surface area contributed by atoms with Gasteiger partial charge in [0, 0.05) is 19.2 Å². The van der Waals surface area contributed by atoms with Gasteiger partial charge in [0.2, 0.25) is 0 Å². The highest BCUT2D eigenvalue weighted by Gasteiger charge is 2.06. The molecule has 1 unspecified atom stereocenters. The summed E-state index contributed by atoms with van der Waals surface area (Å²) in [5.74, 6) is 0.568. The van der Waals surface area contributed by atoms with Gasteiger partial charge in [-0.1, -0.05) is 23.2 Å². The highest BCUT2D eigenvalue weighted by atomic mass is 35.5. The van der Waals surface area contributed by atoms with Gasteiger partial charge in [0.1, 0.15) is 18.5 Å². The molecule has 0 fully saturated rings. The maximum atomic E-state index is 9.62. The van der Waals surface area contributed by atoms with E-state index in [9.17, 15) is 5.11 Å². The number of rotatable bonds is 8. The van der Waals surface area contributed by atoms with Crippen LogP contribution in [-0.4, -0.2) is 42.6 Å². The highest BCUT2D eigenvalue weighted by Crippen LogP contribution is 2.26. The van der Waals surface area contributed by atoms with Crippen molar-refractivity contribution in [2.24, 2.45) is 0 Å². The summed E-state index contributed by atoms with van der Waals surface area (Å²) < 4.78 is 5.38. The predicted octanol–water partition coefficient (Wildman–Crippen LogP) is 1.71. The zero-order valence-electron chi connectivity index (χ0n) is 9.90. The lowest BCUT2D eigenvalue weighted by atomic mass is 10.3. The molecule has 0 bridgehead atoms. The van der Waals surface area contributed by atoms with Crippen molar-refractivity contribution in [3.8, 4) is 5.75 Å². The van der Waals surface area contributed by atoms with Crippen LogP contribution in [0.15, 0.2) is 18.2 Å². The molecular weight excluding hydrogens is 277 g/mol. The molecule has 102 valence electrons. The molecule has 0 radical (unpaired) electrons. The van der Waals surface area contributed by atoms with E-state index in [1.807, 2.05) is 0 Å². The Morgan fingerprint density at radius 2 is 2.06 bits per heavy atom. The van der Waals surface area contributed by atoms with Crippen LogP contribution in [0.3, 0.4) is 0 Å². The van der Waals surface area contributed by atoms with Crippen molar-refractivity contribution >= 4 is 23.2 Å². The van der Waals surface area contributed by atoms with Gasteiger partial charge in [0.05, 0.1) is 10.0 Å². The first-order chi connectivity index (χ1) is 8.63. The van der Waals surface area contributed by atoms with Crippen molar-refractivity contribution in [3.63, 3.8) is 0 Å². The molecule has 3 N–H and O–H groups in total. The zero-order valence-corrected chi connectivity index (χ0v) is 11.4. The van der Waals surface area contributed by atoms with Gasteiger partial charge in [-0.15, -0.1) is 0 Å². The maximum absolute atomic E-state index is 9.62. The van der Waals surface area contributed by atoms with Gasteiger partial charge in [0.15, 0.2) is 0 Å². The Labute approximate surface area is 116 Å². The van der Waals surface area contributed by atoms with E-state index in [-0.39, 0.29) is 13.2 Å². The second-order valence-corrected chi connectivity index (χ2v) is 4.64. The van der Waals surface area contributed by atoms with Crippen LogP contribution >= 0.6 is 23.2 Å². The third-order valence-corrected chi connectivity index (χ3v) is 2.96. The summed E-state index contributed by atoms with van der Waals surface area (Å²) in [7, 11) is 0. The molecule has 0 saturated carbocycles. The molecule has 0 saturated heterocycles. The minimum atomic E-state index is -0.613. The minimum Gasteiger partial charge on any atom is -0.491 e. The van der Waals surface area contributed by atoms with Gasteiger partial charge in [-0.3, -0.25) is 0 Å². The fourth-order valence-corrected chi connectivity index (χ4v) is 1.58. The molecule has 0 spiro atoms. The number of benzene rings is 1. The lowest BCUT2D eigenvalue weighted by Crippen LogP contribution is -2.32. The van der Waals surface area contributed by atoms with Crippen LogP contribution in [0.5, 0.6) is 5.75 Å². The minimum absolute atomic E-state index is 0.142. The molecule has 18 heavy (non-hydrogen) atoms. The number of nitrogens with one attached hydrogen (secondary N) is 1. The molecule has 1 rings (SSSR count). The Kier molecular flexibility index (Phi) is 7.39. The molecular formula is C12H17Cl2NO3. The fourth-order valence-electron chi connectivity index (χ4n) is 1.29. The van der Waals surface area contributed by atoms with E-state index in [4.69, 9.17) is 33.0 Å². The second kappa shape index (κ2) is 8.56. The highest BCUT2D eigenvalue weighted by molar-refractivity contribution is 6.42. The van der Waals surface area contributed by atoms with E-state index in [0.717, 1.165) is 0 Å². The van der Waals surface area contributed by atoms with Crippen molar-refractivity contribution in [1.82, 2.24) is 5.32 Å². The average Bonchev–Trinajstić information content (AvgIpc) is 2.36. The first-order valence-electron chi connectivity index (χ1n) is 5.71. The quantitative estimate of drug-likeness (QED) is 0.639. The molecule has 0 amide bonds.